The molecule has 2 aromatic carbocycles. The quantitative estimate of drug-likeness (QED) is 0.678. The highest BCUT2D eigenvalue weighted by atomic mass is 16.4. The highest BCUT2D eigenvalue weighted by Crippen LogP contribution is 2.25. The first kappa shape index (κ1) is 11.9. The van der Waals surface area contributed by atoms with Crippen LogP contribution in [0.4, 0.5) is 0 Å². The summed E-state index contributed by atoms with van der Waals surface area (Å²) in [5.74, 6) is 0. The number of pyridine rings is 1. The Morgan fingerprint density at radius 1 is 0.789 bits per heavy atom. The van der Waals surface area contributed by atoms with Gasteiger partial charge in [-0.3, -0.25) is 4.98 Å². The van der Waals surface area contributed by atoms with Crippen molar-refractivity contribution < 1.29 is 10.0 Å². The maximum atomic E-state index is 9.47. The molecule has 0 amide bonds. The number of fused-ring (bicyclic) bond motifs is 1. The van der Waals surface area contributed by atoms with Crippen LogP contribution in [0.15, 0.2) is 60.8 Å². The van der Waals surface area contributed by atoms with Crippen molar-refractivity contribution in [2.24, 2.45) is 0 Å². The van der Waals surface area contributed by atoms with Gasteiger partial charge in [0.1, 0.15) is 0 Å². The molecule has 92 valence electrons. The van der Waals surface area contributed by atoms with Crippen molar-refractivity contribution in [2.45, 2.75) is 0 Å². The molecule has 0 unspecified atom stereocenters. The van der Waals surface area contributed by atoms with Crippen LogP contribution in [-0.4, -0.2) is 22.2 Å². The van der Waals surface area contributed by atoms with Crippen molar-refractivity contribution in [1.82, 2.24) is 4.98 Å². The Kier molecular flexibility index (Phi) is 3.03. The zero-order valence-electron chi connectivity index (χ0n) is 10.2. The Bertz CT molecular complexity index is 723. The zero-order chi connectivity index (χ0) is 13.2. The molecule has 3 aromatic rings. The second-order valence-electron chi connectivity index (χ2n) is 4.34. The predicted octanol–water partition coefficient (Wildman–Crippen LogP) is 1.58. The first-order valence-electron chi connectivity index (χ1n) is 6.06. The Balaban J connectivity index is 2.31. The van der Waals surface area contributed by atoms with Crippen molar-refractivity contribution >= 4 is 23.5 Å². The van der Waals surface area contributed by atoms with E-state index in [0.29, 0.717) is 5.46 Å². The van der Waals surface area contributed by atoms with Gasteiger partial charge >= 0.3 is 7.12 Å². The van der Waals surface area contributed by atoms with E-state index in [0.717, 1.165) is 22.0 Å². The molecule has 19 heavy (non-hydrogen) atoms. The molecule has 3 rings (SSSR count). The Morgan fingerprint density at radius 2 is 1.53 bits per heavy atom. The predicted molar refractivity (Wildman–Crippen MR) is 77.0 cm³/mol. The van der Waals surface area contributed by atoms with Crippen molar-refractivity contribution in [3.8, 4) is 11.1 Å². The third-order valence-electron chi connectivity index (χ3n) is 3.16. The second kappa shape index (κ2) is 4.84. The molecule has 0 fully saturated rings. The Hall–Kier alpha value is -2.17. The van der Waals surface area contributed by atoms with E-state index in [-0.39, 0.29) is 0 Å². The first-order valence-corrected chi connectivity index (χ1v) is 6.06. The summed E-state index contributed by atoms with van der Waals surface area (Å²) < 4.78 is 0. The van der Waals surface area contributed by atoms with Crippen LogP contribution < -0.4 is 5.46 Å². The van der Waals surface area contributed by atoms with E-state index in [4.69, 9.17) is 0 Å². The minimum atomic E-state index is -1.49. The van der Waals surface area contributed by atoms with Gasteiger partial charge in [-0.25, -0.2) is 0 Å². The van der Waals surface area contributed by atoms with Gasteiger partial charge in [0.15, 0.2) is 0 Å². The summed E-state index contributed by atoms with van der Waals surface area (Å²) in [5, 5.41) is 20.0. The van der Waals surface area contributed by atoms with Crippen LogP contribution >= 0.6 is 0 Å². The lowest BCUT2D eigenvalue weighted by Crippen LogP contribution is -2.31. The zero-order valence-corrected chi connectivity index (χ0v) is 10.2. The number of hydrogen-bond acceptors (Lipinski definition) is 3. The van der Waals surface area contributed by atoms with Gasteiger partial charge in [0.2, 0.25) is 0 Å². The van der Waals surface area contributed by atoms with E-state index in [2.05, 4.69) is 4.98 Å². The summed E-state index contributed by atoms with van der Waals surface area (Å²) in [6.07, 6.45) is 1.74. The van der Waals surface area contributed by atoms with Crippen molar-refractivity contribution in [2.75, 3.05) is 0 Å². The fourth-order valence-corrected chi connectivity index (χ4v) is 2.29. The van der Waals surface area contributed by atoms with Gasteiger partial charge in [0.05, 0.1) is 5.52 Å². The van der Waals surface area contributed by atoms with E-state index < -0.39 is 7.12 Å². The molecule has 1 heterocycles. The van der Waals surface area contributed by atoms with E-state index in [9.17, 15) is 10.0 Å². The number of aromatic nitrogens is 1. The molecule has 1 aromatic heterocycles. The van der Waals surface area contributed by atoms with Gasteiger partial charge in [-0.1, -0.05) is 48.5 Å². The SMILES string of the molecule is OB(O)c1ccccc1-c1cccc2cccnc12. The number of benzene rings is 2. The van der Waals surface area contributed by atoms with E-state index in [1.807, 2.05) is 42.5 Å². The minimum Gasteiger partial charge on any atom is -0.423 e. The Morgan fingerprint density at radius 3 is 2.37 bits per heavy atom. The lowest BCUT2D eigenvalue weighted by atomic mass is 9.75. The van der Waals surface area contributed by atoms with Gasteiger partial charge in [-0.2, -0.15) is 0 Å². The normalized spacial score (nSPS) is 10.6. The molecule has 4 heteroatoms. The van der Waals surface area contributed by atoms with Crippen LogP contribution in [-0.2, 0) is 0 Å². The second-order valence-corrected chi connectivity index (χ2v) is 4.34. The third-order valence-corrected chi connectivity index (χ3v) is 3.16. The molecule has 0 saturated heterocycles. The monoisotopic (exact) mass is 249 g/mol. The summed E-state index contributed by atoms with van der Waals surface area (Å²) in [7, 11) is -1.49. The van der Waals surface area contributed by atoms with Gasteiger partial charge < -0.3 is 10.0 Å². The molecule has 0 aliphatic heterocycles. The summed E-state index contributed by atoms with van der Waals surface area (Å²) in [5.41, 5.74) is 3.04. The molecule has 0 radical (unpaired) electrons. The average molecular weight is 249 g/mol. The van der Waals surface area contributed by atoms with Crippen molar-refractivity contribution in [1.29, 1.82) is 0 Å². The summed E-state index contributed by atoms with van der Waals surface area (Å²) in [6, 6.07) is 17.0. The number of hydrogen-bond donors (Lipinski definition) is 2. The summed E-state index contributed by atoms with van der Waals surface area (Å²) >= 11 is 0. The molecule has 3 nitrogen and oxygen atoms in total. The first-order chi connectivity index (χ1) is 9.27. The number of nitrogens with zero attached hydrogens (tertiary/aromatic N) is 1. The fourth-order valence-electron chi connectivity index (χ4n) is 2.29. The standard InChI is InChI=1S/C15H12BNO2/c18-16(19)14-9-2-1-7-12(14)13-8-3-5-11-6-4-10-17-15(11)13/h1-10,18-19H. The van der Waals surface area contributed by atoms with Crippen LogP contribution in [0.1, 0.15) is 0 Å². The highest BCUT2D eigenvalue weighted by molar-refractivity contribution is 6.60. The maximum Gasteiger partial charge on any atom is 0.489 e. The summed E-state index contributed by atoms with van der Waals surface area (Å²) in [6.45, 7) is 0. The van der Waals surface area contributed by atoms with E-state index in [1.165, 1.54) is 0 Å². The molecule has 0 spiro atoms. The molecule has 0 aliphatic carbocycles. The molecule has 0 saturated carbocycles. The molecule has 0 atom stereocenters. The van der Waals surface area contributed by atoms with Gasteiger partial charge in [-0.15, -0.1) is 0 Å². The summed E-state index contributed by atoms with van der Waals surface area (Å²) in [4.78, 5) is 4.39. The molecule has 2 N–H and O–H groups in total. The van der Waals surface area contributed by atoms with Crippen molar-refractivity contribution in [3.63, 3.8) is 0 Å². The third kappa shape index (κ3) is 2.12. The highest BCUT2D eigenvalue weighted by Gasteiger charge is 2.17. The van der Waals surface area contributed by atoms with Crippen LogP contribution in [0.3, 0.4) is 0 Å². The minimum absolute atomic E-state index is 0.487. The van der Waals surface area contributed by atoms with Gasteiger partial charge in [-0.05, 0) is 17.1 Å². The molecular formula is C15H12BNO2. The van der Waals surface area contributed by atoms with Gasteiger partial charge in [0.25, 0.3) is 0 Å². The molecule has 0 bridgehead atoms. The molecular weight excluding hydrogens is 237 g/mol. The Labute approximate surface area is 111 Å². The maximum absolute atomic E-state index is 9.47. The topological polar surface area (TPSA) is 53.4 Å². The van der Waals surface area contributed by atoms with E-state index in [1.54, 1.807) is 18.3 Å². The lowest BCUT2D eigenvalue weighted by Gasteiger charge is -2.10. The van der Waals surface area contributed by atoms with Crippen molar-refractivity contribution in [3.05, 3.63) is 60.8 Å². The smallest absolute Gasteiger partial charge is 0.423 e. The van der Waals surface area contributed by atoms with Gasteiger partial charge in [0, 0.05) is 17.1 Å². The van der Waals surface area contributed by atoms with Crippen LogP contribution in [0.2, 0.25) is 0 Å². The largest absolute Gasteiger partial charge is 0.489 e. The van der Waals surface area contributed by atoms with Crippen LogP contribution in [0, 0.1) is 0 Å². The van der Waals surface area contributed by atoms with Crippen LogP contribution in [0.5, 0.6) is 0 Å². The fraction of sp³-hybridized carbons (Fsp3) is 0. The molecule has 0 aliphatic rings. The lowest BCUT2D eigenvalue weighted by molar-refractivity contribution is 0.426. The van der Waals surface area contributed by atoms with E-state index >= 15 is 0 Å². The average Bonchev–Trinajstić information content (AvgIpc) is 2.46. The van der Waals surface area contributed by atoms with Crippen LogP contribution in [0.25, 0.3) is 22.0 Å². The number of rotatable bonds is 2. The number of para-hydroxylation sites is 1.